The lowest BCUT2D eigenvalue weighted by Gasteiger charge is -2.16. The average Bonchev–Trinajstić information content (AvgIpc) is 2.48. The molecule has 2 rings (SSSR count). The molecule has 1 atom stereocenters. The summed E-state index contributed by atoms with van der Waals surface area (Å²) in [6.45, 7) is 2.65. The molecular formula is C15H14F3N3O. The van der Waals surface area contributed by atoms with Gasteiger partial charge in [0.25, 0.3) is 0 Å². The number of aromatic nitrogens is 2. The van der Waals surface area contributed by atoms with Crippen molar-refractivity contribution in [1.82, 2.24) is 9.97 Å². The Morgan fingerprint density at radius 1 is 1.23 bits per heavy atom. The third-order valence-corrected chi connectivity index (χ3v) is 3.20. The molecule has 0 aliphatic carbocycles. The molecule has 0 unspecified atom stereocenters. The van der Waals surface area contributed by atoms with Crippen LogP contribution in [0.15, 0.2) is 36.7 Å². The summed E-state index contributed by atoms with van der Waals surface area (Å²) in [4.78, 5) is 19.8. The van der Waals surface area contributed by atoms with E-state index in [-0.39, 0.29) is 5.69 Å². The van der Waals surface area contributed by atoms with Crippen LogP contribution >= 0.6 is 0 Å². The number of nitrogens with one attached hydrogen (secondary N) is 1. The van der Waals surface area contributed by atoms with E-state index in [1.165, 1.54) is 0 Å². The van der Waals surface area contributed by atoms with E-state index in [0.717, 1.165) is 12.5 Å². The fraction of sp³-hybridized carbons (Fsp3) is 0.267. The summed E-state index contributed by atoms with van der Waals surface area (Å²) in [5.41, 5.74) is 1.78. The second-order valence-electron chi connectivity index (χ2n) is 4.85. The molecule has 1 aromatic heterocycles. The number of hydrogen-bond acceptors (Lipinski definition) is 3. The van der Waals surface area contributed by atoms with E-state index in [0.29, 0.717) is 11.4 Å². The average molecular weight is 309 g/mol. The molecule has 0 fully saturated rings. The summed E-state index contributed by atoms with van der Waals surface area (Å²) < 4.78 is 37.6. The van der Waals surface area contributed by atoms with Crippen LogP contribution in [0.2, 0.25) is 0 Å². The number of nitrogens with zero attached hydrogens (tertiary/aromatic N) is 2. The van der Waals surface area contributed by atoms with Crippen molar-refractivity contribution in [2.24, 2.45) is 5.92 Å². The first-order valence-corrected chi connectivity index (χ1v) is 6.54. The van der Waals surface area contributed by atoms with Gasteiger partial charge in [-0.05, 0) is 37.6 Å². The summed E-state index contributed by atoms with van der Waals surface area (Å²) in [6.07, 6.45) is -1.43. The molecule has 116 valence electrons. The highest BCUT2D eigenvalue weighted by molar-refractivity contribution is 5.93. The molecule has 1 heterocycles. The van der Waals surface area contributed by atoms with Crippen LogP contribution < -0.4 is 5.32 Å². The molecule has 0 saturated carbocycles. The third-order valence-electron chi connectivity index (χ3n) is 3.20. The first-order valence-electron chi connectivity index (χ1n) is 6.54. The van der Waals surface area contributed by atoms with E-state index >= 15 is 0 Å². The standard InChI is InChI=1S/C15H14F3N3O/c1-9-4-5-11(21-14(22)10(2)15(16,17)18)8-12(9)13-19-6-3-7-20-13/h3-8,10H,1-2H3,(H,21,22)/t10-/m1/s1. The van der Waals surface area contributed by atoms with Gasteiger partial charge in [-0.25, -0.2) is 9.97 Å². The van der Waals surface area contributed by atoms with Crippen molar-refractivity contribution in [2.75, 3.05) is 5.32 Å². The van der Waals surface area contributed by atoms with Crippen molar-refractivity contribution in [3.63, 3.8) is 0 Å². The van der Waals surface area contributed by atoms with Crippen molar-refractivity contribution in [2.45, 2.75) is 20.0 Å². The van der Waals surface area contributed by atoms with Crippen LogP contribution in [0.25, 0.3) is 11.4 Å². The minimum Gasteiger partial charge on any atom is -0.326 e. The van der Waals surface area contributed by atoms with Crippen LogP contribution in [0.5, 0.6) is 0 Å². The van der Waals surface area contributed by atoms with Crippen molar-refractivity contribution in [3.05, 3.63) is 42.2 Å². The zero-order valence-electron chi connectivity index (χ0n) is 12.0. The Morgan fingerprint density at radius 2 is 1.86 bits per heavy atom. The van der Waals surface area contributed by atoms with Crippen molar-refractivity contribution >= 4 is 11.6 Å². The Balaban J connectivity index is 2.26. The maximum atomic E-state index is 12.5. The van der Waals surface area contributed by atoms with E-state index < -0.39 is 18.0 Å². The molecule has 1 aromatic carbocycles. The third kappa shape index (κ3) is 3.60. The van der Waals surface area contributed by atoms with E-state index in [1.807, 2.05) is 6.92 Å². The summed E-state index contributed by atoms with van der Waals surface area (Å²) in [5.74, 6) is -2.73. The van der Waals surface area contributed by atoms with Gasteiger partial charge in [0, 0.05) is 23.6 Å². The maximum absolute atomic E-state index is 12.5. The first-order chi connectivity index (χ1) is 10.3. The molecule has 7 heteroatoms. The van der Waals surface area contributed by atoms with Gasteiger partial charge in [-0.15, -0.1) is 0 Å². The minimum absolute atomic E-state index is 0.272. The topological polar surface area (TPSA) is 54.9 Å². The van der Waals surface area contributed by atoms with Crippen molar-refractivity contribution in [1.29, 1.82) is 0 Å². The first kappa shape index (κ1) is 15.9. The summed E-state index contributed by atoms with van der Waals surface area (Å²) in [7, 11) is 0. The number of amides is 1. The molecular weight excluding hydrogens is 295 g/mol. The van der Waals surface area contributed by atoms with Gasteiger partial charge in [0.05, 0.1) is 0 Å². The van der Waals surface area contributed by atoms with Gasteiger partial charge in [-0.3, -0.25) is 4.79 Å². The van der Waals surface area contributed by atoms with Gasteiger partial charge in [-0.1, -0.05) is 6.07 Å². The van der Waals surface area contributed by atoms with Crippen molar-refractivity contribution < 1.29 is 18.0 Å². The maximum Gasteiger partial charge on any atom is 0.400 e. The zero-order valence-corrected chi connectivity index (χ0v) is 12.0. The predicted molar refractivity (Wildman–Crippen MR) is 76.1 cm³/mol. The summed E-state index contributed by atoms with van der Waals surface area (Å²) in [5, 5.41) is 2.27. The lowest BCUT2D eigenvalue weighted by molar-refractivity contribution is -0.175. The van der Waals surface area contributed by atoms with Crippen LogP contribution in [0.3, 0.4) is 0 Å². The van der Waals surface area contributed by atoms with Crippen molar-refractivity contribution in [3.8, 4) is 11.4 Å². The Bertz CT molecular complexity index is 671. The number of carbonyl (C=O) groups is 1. The SMILES string of the molecule is Cc1ccc(NC(=O)[C@@H](C)C(F)(F)F)cc1-c1ncccn1. The molecule has 0 radical (unpaired) electrons. The molecule has 0 aliphatic rings. The molecule has 0 spiro atoms. The second kappa shape index (κ2) is 6.13. The number of hydrogen-bond donors (Lipinski definition) is 1. The van der Waals surface area contributed by atoms with Gasteiger partial charge in [0.1, 0.15) is 5.92 Å². The number of benzene rings is 1. The summed E-state index contributed by atoms with van der Waals surface area (Å²) in [6, 6.07) is 6.46. The van der Waals surface area contributed by atoms with Gasteiger partial charge in [-0.2, -0.15) is 13.2 Å². The molecule has 0 bridgehead atoms. The van der Waals surface area contributed by atoms with Crippen LogP contribution in [-0.4, -0.2) is 22.1 Å². The molecule has 0 saturated heterocycles. The molecule has 22 heavy (non-hydrogen) atoms. The van der Waals surface area contributed by atoms with Gasteiger partial charge in [0.2, 0.25) is 5.91 Å². The van der Waals surface area contributed by atoms with Gasteiger partial charge >= 0.3 is 6.18 Å². The minimum atomic E-state index is -4.57. The monoisotopic (exact) mass is 309 g/mol. The molecule has 1 N–H and O–H groups in total. The Hall–Kier alpha value is -2.44. The van der Waals surface area contributed by atoms with Crippen LogP contribution in [0.4, 0.5) is 18.9 Å². The highest BCUT2D eigenvalue weighted by Crippen LogP contribution is 2.28. The Labute approximate surface area is 125 Å². The molecule has 0 aliphatic heterocycles. The lowest BCUT2D eigenvalue weighted by atomic mass is 10.1. The smallest absolute Gasteiger partial charge is 0.326 e. The van der Waals surface area contributed by atoms with Crippen LogP contribution in [0.1, 0.15) is 12.5 Å². The molecule has 2 aromatic rings. The number of carbonyl (C=O) groups excluding carboxylic acids is 1. The summed E-state index contributed by atoms with van der Waals surface area (Å²) >= 11 is 0. The van der Waals surface area contributed by atoms with E-state index in [9.17, 15) is 18.0 Å². The highest BCUT2D eigenvalue weighted by Gasteiger charge is 2.41. The predicted octanol–water partition coefficient (Wildman–Crippen LogP) is 3.59. The normalized spacial score (nSPS) is 12.8. The number of rotatable bonds is 3. The number of anilines is 1. The second-order valence-corrected chi connectivity index (χ2v) is 4.85. The number of aryl methyl sites for hydroxylation is 1. The van der Waals surface area contributed by atoms with Gasteiger partial charge in [0.15, 0.2) is 5.82 Å². The van der Waals surface area contributed by atoms with Crippen LogP contribution in [-0.2, 0) is 4.79 Å². The Morgan fingerprint density at radius 3 is 2.45 bits per heavy atom. The fourth-order valence-corrected chi connectivity index (χ4v) is 1.78. The van der Waals surface area contributed by atoms with E-state index in [1.54, 1.807) is 36.7 Å². The number of halogens is 3. The van der Waals surface area contributed by atoms with Crippen LogP contribution in [0, 0.1) is 12.8 Å². The fourth-order valence-electron chi connectivity index (χ4n) is 1.78. The number of alkyl halides is 3. The van der Waals surface area contributed by atoms with E-state index in [4.69, 9.17) is 0 Å². The van der Waals surface area contributed by atoms with E-state index in [2.05, 4.69) is 15.3 Å². The lowest BCUT2D eigenvalue weighted by Crippen LogP contribution is -2.32. The molecule has 4 nitrogen and oxygen atoms in total. The molecule has 1 amide bonds. The van der Waals surface area contributed by atoms with Gasteiger partial charge < -0.3 is 5.32 Å². The highest BCUT2D eigenvalue weighted by atomic mass is 19.4. The largest absolute Gasteiger partial charge is 0.400 e. The quantitative estimate of drug-likeness (QED) is 0.942. The Kier molecular flexibility index (Phi) is 4.44. The zero-order chi connectivity index (χ0) is 16.3.